The van der Waals surface area contributed by atoms with E-state index in [2.05, 4.69) is 19.6 Å². The second-order valence-electron chi connectivity index (χ2n) is 5.28. The lowest BCUT2D eigenvalue weighted by Crippen LogP contribution is -2.31. The van der Waals surface area contributed by atoms with E-state index in [-0.39, 0.29) is 17.3 Å². The minimum absolute atomic E-state index is 0.0453. The van der Waals surface area contributed by atoms with Crippen molar-refractivity contribution < 1.29 is 9.53 Å². The lowest BCUT2D eigenvalue weighted by atomic mass is 9.75. The van der Waals surface area contributed by atoms with Crippen molar-refractivity contribution >= 4 is 18.6 Å². The van der Waals surface area contributed by atoms with Gasteiger partial charge in [-0.3, -0.25) is 4.79 Å². The van der Waals surface area contributed by atoms with Crippen LogP contribution in [0.5, 0.6) is 0 Å². The van der Waals surface area contributed by atoms with E-state index in [0.29, 0.717) is 17.3 Å². The molecule has 4 unspecified atom stereocenters. The standard InChI is InChI=1S/C10H14O2S/c1-9-2-6-8(11)12-5-10(6,4-9)3-7(9)13/h6-7,13H,2-5H2,1H3. The molecule has 0 radical (unpaired) electrons. The number of ether oxygens (including phenoxy) is 1. The van der Waals surface area contributed by atoms with Gasteiger partial charge in [0.2, 0.25) is 0 Å². The number of thiol groups is 1. The second-order valence-corrected chi connectivity index (χ2v) is 5.90. The fraction of sp³-hybridized carbons (Fsp3) is 0.900. The van der Waals surface area contributed by atoms with Gasteiger partial charge in [0, 0.05) is 10.7 Å². The predicted molar refractivity (Wildman–Crippen MR) is 51.6 cm³/mol. The van der Waals surface area contributed by atoms with Crippen LogP contribution in [0.4, 0.5) is 0 Å². The summed E-state index contributed by atoms with van der Waals surface area (Å²) >= 11 is 4.62. The molecule has 3 rings (SSSR count). The molecule has 1 aliphatic heterocycles. The fourth-order valence-corrected chi connectivity index (χ4v) is 4.20. The van der Waals surface area contributed by atoms with E-state index in [0.717, 1.165) is 19.3 Å². The highest BCUT2D eigenvalue weighted by molar-refractivity contribution is 7.81. The number of rotatable bonds is 0. The van der Waals surface area contributed by atoms with Crippen LogP contribution < -0.4 is 0 Å². The van der Waals surface area contributed by atoms with E-state index in [1.807, 2.05) is 0 Å². The van der Waals surface area contributed by atoms with Crippen molar-refractivity contribution in [3.05, 3.63) is 0 Å². The Morgan fingerprint density at radius 2 is 2.31 bits per heavy atom. The summed E-state index contributed by atoms with van der Waals surface area (Å²) in [5.41, 5.74) is 0.478. The third kappa shape index (κ3) is 0.797. The topological polar surface area (TPSA) is 26.3 Å². The van der Waals surface area contributed by atoms with Crippen LogP contribution in [0.1, 0.15) is 26.2 Å². The molecular weight excluding hydrogens is 184 g/mol. The summed E-state index contributed by atoms with van der Waals surface area (Å²) in [6.45, 7) is 2.92. The zero-order valence-electron chi connectivity index (χ0n) is 7.75. The van der Waals surface area contributed by atoms with Crippen LogP contribution in [0.15, 0.2) is 0 Å². The molecule has 1 saturated heterocycles. The average molecular weight is 198 g/mol. The van der Waals surface area contributed by atoms with Crippen LogP contribution in [0.2, 0.25) is 0 Å². The number of hydrogen-bond acceptors (Lipinski definition) is 3. The van der Waals surface area contributed by atoms with E-state index in [1.165, 1.54) is 0 Å². The van der Waals surface area contributed by atoms with Crippen LogP contribution in [0.25, 0.3) is 0 Å². The molecule has 4 atom stereocenters. The lowest BCUT2D eigenvalue weighted by Gasteiger charge is -2.30. The van der Waals surface area contributed by atoms with Crippen LogP contribution in [0.3, 0.4) is 0 Å². The van der Waals surface area contributed by atoms with Crippen molar-refractivity contribution in [2.45, 2.75) is 31.4 Å². The zero-order chi connectivity index (χ0) is 9.27. The molecular formula is C10H14O2S. The van der Waals surface area contributed by atoms with Crippen molar-refractivity contribution in [3.8, 4) is 0 Å². The van der Waals surface area contributed by atoms with Crippen LogP contribution in [-0.4, -0.2) is 17.8 Å². The Balaban J connectivity index is 2.03. The molecule has 3 fully saturated rings. The van der Waals surface area contributed by atoms with Gasteiger partial charge in [-0.1, -0.05) is 6.92 Å². The number of carbonyl (C=O) groups is 1. The molecule has 0 aromatic rings. The summed E-state index contributed by atoms with van der Waals surface area (Å²) in [6, 6.07) is 0. The van der Waals surface area contributed by atoms with Crippen molar-refractivity contribution in [2.75, 3.05) is 6.61 Å². The average Bonchev–Trinajstić information content (AvgIpc) is 2.57. The van der Waals surface area contributed by atoms with Gasteiger partial charge >= 0.3 is 5.97 Å². The smallest absolute Gasteiger partial charge is 0.309 e. The lowest BCUT2D eigenvalue weighted by molar-refractivity contribution is -0.141. The SMILES string of the molecule is CC12CC3C(=O)OCC3(CC1S)C2. The Bertz CT molecular complexity index is 291. The Labute approximate surface area is 83.4 Å². The highest BCUT2D eigenvalue weighted by Gasteiger charge is 2.67. The zero-order valence-corrected chi connectivity index (χ0v) is 8.64. The molecule has 0 aromatic carbocycles. The van der Waals surface area contributed by atoms with Gasteiger partial charge in [0.1, 0.15) is 0 Å². The van der Waals surface area contributed by atoms with Gasteiger partial charge in [0.25, 0.3) is 0 Å². The maximum Gasteiger partial charge on any atom is 0.309 e. The van der Waals surface area contributed by atoms with Crippen LogP contribution >= 0.6 is 12.6 Å². The maximum absolute atomic E-state index is 11.4. The summed E-state index contributed by atoms with van der Waals surface area (Å²) in [5, 5.41) is 0.471. The third-order valence-corrected chi connectivity index (χ3v) is 5.16. The molecule has 13 heavy (non-hydrogen) atoms. The van der Waals surface area contributed by atoms with Gasteiger partial charge in [-0.25, -0.2) is 0 Å². The third-order valence-electron chi connectivity index (χ3n) is 4.36. The summed E-state index contributed by atoms with van der Waals surface area (Å²) in [4.78, 5) is 11.4. The molecule has 0 amide bonds. The number of fused-ring (bicyclic) bond motifs is 1. The van der Waals surface area contributed by atoms with E-state index in [9.17, 15) is 4.79 Å². The van der Waals surface area contributed by atoms with Crippen LogP contribution in [-0.2, 0) is 9.53 Å². The first-order chi connectivity index (χ1) is 6.06. The highest BCUT2D eigenvalue weighted by atomic mass is 32.1. The first-order valence-electron chi connectivity index (χ1n) is 4.91. The summed E-state index contributed by atoms with van der Waals surface area (Å²) in [7, 11) is 0. The summed E-state index contributed by atoms with van der Waals surface area (Å²) in [6.07, 6.45) is 3.22. The Kier molecular flexibility index (Phi) is 1.30. The Morgan fingerprint density at radius 3 is 3.00 bits per heavy atom. The second kappa shape index (κ2) is 2.08. The van der Waals surface area contributed by atoms with Gasteiger partial charge in [-0.2, -0.15) is 12.6 Å². The van der Waals surface area contributed by atoms with Gasteiger partial charge in [-0.15, -0.1) is 0 Å². The molecule has 3 heteroatoms. The molecule has 2 saturated carbocycles. The normalized spacial score (nSPS) is 58.2. The molecule has 3 aliphatic rings. The van der Waals surface area contributed by atoms with Crippen molar-refractivity contribution in [3.63, 3.8) is 0 Å². The number of cyclic esters (lactones) is 1. The number of hydrogen-bond donors (Lipinski definition) is 1. The minimum Gasteiger partial charge on any atom is -0.465 e. The van der Waals surface area contributed by atoms with Crippen molar-refractivity contribution in [2.24, 2.45) is 16.7 Å². The van der Waals surface area contributed by atoms with E-state index >= 15 is 0 Å². The fourth-order valence-electron chi connectivity index (χ4n) is 3.64. The summed E-state index contributed by atoms with van der Waals surface area (Å²) < 4.78 is 5.16. The molecule has 72 valence electrons. The minimum atomic E-state index is 0.0453. The maximum atomic E-state index is 11.4. The van der Waals surface area contributed by atoms with Gasteiger partial charge in [0.15, 0.2) is 0 Å². The first kappa shape index (κ1) is 8.16. The molecule has 2 aliphatic carbocycles. The first-order valence-corrected chi connectivity index (χ1v) is 5.42. The highest BCUT2D eigenvalue weighted by Crippen LogP contribution is 2.67. The largest absolute Gasteiger partial charge is 0.465 e. The molecule has 0 N–H and O–H groups in total. The molecule has 1 spiro atoms. The van der Waals surface area contributed by atoms with Crippen LogP contribution in [0, 0.1) is 16.7 Å². The molecule has 0 aromatic heterocycles. The van der Waals surface area contributed by atoms with E-state index in [4.69, 9.17) is 4.74 Å². The molecule has 2 bridgehead atoms. The predicted octanol–water partition coefficient (Wildman–Crippen LogP) is 1.65. The Hall–Kier alpha value is -0.180. The van der Waals surface area contributed by atoms with Gasteiger partial charge < -0.3 is 4.74 Å². The van der Waals surface area contributed by atoms with E-state index < -0.39 is 0 Å². The molecule has 1 heterocycles. The van der Waals surface area contributed by atoms with Gasteiger partial charge in [-0.05, 0) is 24.7 Å². The monoisotopic (exact) mass is 198 g/mol. The van der Waals surface area contributed by atoms with Crippen molar-refractivity contribution in [1.29, 1.82) is 0 Å². The Morgan fingerprint density at radius 1 is 1.54 bits per heavy atom. The summed E-state index contributed by atoms with van der Waals surface area (Å²) in [5.74, 6) is 0.241. The van der Waals surface area contributed by atoms with E-state index in [1.54, 1.807) is 0 Å². The number of carbonyl (C=O) groups excluding carboxylic acids is 1. The van der Waals surface area contributed by atoms with Gasteiger partial charge in [0.05, 0.1) is 12.5 Å². The molecule has 2 nitrogen and oxygen atoms in total. The quantitative estimate of drug-likeness (QED) is 0.473. The van der Waals surface area contributed by atoms with Crippen molar-refractivity contribution in [1.82, 2.24) is 0 Å². The number of esters is 1.